The predicted octanol–water partition coefficient (Wildman–Crippen LogP) is 0.901. The van der Waals surface area contributed by atoms with E-state index in [1.807, 2.05) is 6.92 Å². The van der Waals surface area contributed by atoms with Crippen molar-refractivity contribution in [2.75, 3.05) is 13.1 Å². The molecule has 0 spiro atoms. The van der Waals surface area contributed by atoms with Gasteiger partial charge >= 0.3 is 0 Å². The third-order valence-corrected chi connectivity index (χ3v) is 3.61. The first-order valence-electron chi connectivity index (χ1n) is 5.62. The lowest BCUT2D eigenvalue weighted by molar-refractivity contribution is -0.133. The van der Waals surface area contributed by atoms with Gasteiger partial charge in [0, 0.05) is 19.1 Å². The Balaban J connectivity index is 1.82. The minimum absolute atomic E-state index is 0.133. The van der Waals surface area contributed by atoms with Crippen LogP contribution in [0.25, 0.3) is 0 Å². The summed E-state index contributed by atoms with van der Waals surface area (Å²) in [5, 5.41) is 6.33. The maximum Gasteiger partial charge on any atom is 0.228 e. The molecule has 0 aromatic heterocycles. The Labute approximate surface area is 85.6 Å². The molecule has 1 heterocycles. The highest BCUT2D eigenvalue weighted by Crippen LogP contribution is 2.27. The number of carbonyl (C=O) groups is 1. The highest BCUT2D eigenvalue weighted by Gasteiger charge is 2.40. The molecule has 1 amide bonds. The number of hydrogen-bond donors (Lipinski definition) is 2. The van der Waals surface area contributed by atoms with Gasteiger partial charge in [0.2, 0.25) is 5.91 Å². The fourth-order valence-electron chi connectivity index (χ4n) is 2.36. The third-order valence-electron chi connectivity index (χ3n) is 3.61. The van der Waals surface area contributed by atoms with Crippen molar-refractivity contribution in [3.05, 3.63) is 0 Å². The molecule has 1 aliphatic heterocycles. The molecule has 2 N–H and O–H groups in total. The third kappa shape index (κ3) is 1.78. The number of carbonyl (C=O) groups excluding carboxylic acids is 1. The molecular formula is C11H20N2O. The monoisotopic (exact) mass is 196 g/mol. The lowest BCUT2D eigenvalue weighted by atomic mass is 9.83. The molecule has 3 heteroatoms. The molecule has 1 saturated carbocycles. The van der Waals surface area contributed by atoms with Gasteiger partial charge in [-0.25, -0.2) is 0 Å². The number of hydrogen-bond acceptors (Lipinski definition) is 2. The van der Waals surface area contributed by atoms with Crippen LogP contribution < -0.4 is 10.6 Å². The molecule has 1 saturated heterocycles. The molecule has 3 nitrogen and oxygen atoms in total. The van der Waals surface area contributed by atoms with Crippen LogP contribution >= 0.6 is 0 Å². The van der Waals surface area contributed by atoms with Gasteiger partial charge in [-0.1, -0.05) is 6.92 Å². The van der Waals surface area contributed by atoms with Crippen LogP contribution in [0, 0.1) is 11.3 Å². The summed E-state index contributed by atoms with van der Waals surface area (Å²) in [5.41, 5.74) is -0.133. The van der Waals surface area contributed by atoms with Crippen molar-refractivity contribution in [1.29, 1.82) is 0 Å². The Morgan fingerprint density at radius 2 is 2.14 bits per heavy atom. The van der Waals surface area contributed by atoms with Crippen LogP contribution in [0.2, 0.25) is 0 Å². The summed E-state index contributed by atoms with van der Waals surface area (Å²) in [6.07, 6.45) is 3.59. The highest BCUT2D eigenvalue weighted by molar-refractivity contribution is 5.84. The van der Waals surface area contributed by atoms with Crippen molar-refractivity contribution in [3.8, 4) is 0 Å². The Morgan fingerprint density at radius 3 is 2.57 bits per heavy atom. The van der Waals surface area contributed by atoms with Crippen LogP contribution in [-0.2, 0) is 4.79 Å². The Kier molecular flexibility index (Phi) is 2.52. The van der Waals surface area contributed by atoms with E-state index in [0.29, 0.717) is 6.04 Å². The zero-order chi connectivity index (χ0) is 10.2. The number of amides is 1. The van der Waals surface area contributed by atoms with Crippen LogP contribution in [0.4, 0.5) is 0 Å². The fraction of sp³-hybridized carbons (Fsp3) is 0.909. The summed E-state index contributed by atoms with van der Waals surface area (Å²) in [4.78, 5) is 11.9. The quantitative estimate of drug-likeness (QED) is 0.689. The van der Waals surface area contributed by atoms with E-state index in [1.54, 1.807) is 0 Å². The van der Waals surface area contributed by atoms with E-state index in [4.69, 9.17) is 0 Å². The average molecular weight is 196 g/mol. The summed E-state index contributed by atoms with van der Waals surface area (Å²) in [5.74, 6) is 1.03. The largest absolute Gasteiger partial charge is 0.353 e. The van der Waals surface area contributed by atoms with Crippen molar-refractivity contribution in [2.45, 2.75) is 39.2 Å². The second-order valence-electron chi connectivity index (χ2n) is 5.25. The molecule has 2 unspecified atom stereocenters. The van der Waals surface area contributed by atoms with Crippen LogP contribution in [0.15, 0.2) is 0 Å². The summed E-state index contributed by atoms with van der Waals surface area (Å²) in [6, 6.07) is 0.440. The SMILES string of the molecule is CC1CCC(NC(=O)C2(C)CNC2)C1. The molecule has 80 valence electrons. The van der Waals surface area contributed by atoms with Crippen molar-refractivity contribution < 1.29 is 4.79 Å². The van der Waals surface area contributed by atoms with E-state index < -0.39 is 0 Å². The molecule has 0 bridgehead atoms. The van der Waals surface area contributed by atoms with Gasteiger partial charge in [0.05, 0.1) is 5.41 Å². The average Bonchev–Trinajstić information content (AvgIpc) is 2.47. The summed E-state index contributed by atoms with van der Waals surface area (Å²) in [6.45, 7) is 5.97. The van der Waals surface area contributed by atoms with E-state index >= 15 is 0 Å². The molecule has 0 aromatic rings. The minimum atomic E-state index is -0.133. The number of rotatable bonds is 2. The lowest BCUT2D eigenvalue weighted by Gasteiger charge is -2.38. The Morgan fingerprint density at radius 1 is 1.43 bits per heavy atom. The fourth-order valence-corrected chi connectivity index (χ4v) is 2.36. The molecule has 0 aromatic carbocycles. The summed E-state index contributed by atoms with van der Waals surface area (Å²) >= 11 is 0. The van der Waals surface area contributed by atoms with E-state index in [9.17, 15) is 4.79 Å². The molecule has 14 heavy (non-hydrogen) atoms. The smallest absolute Gasteiger partial charge is 0.228 e. The summed E-state index contributed by atoms with van der Waals surface area (Å²) in [7, 11) is 0. The van der Waals surface area contributed by atoms with E-state index in [2.05, 4.69) is 17.6 Å². The van der Waals surface area contributed by atoms with Crippen molar-refractivity contribution in [3.63, 3.8) is 0 Å². The maximum absolute atomic E-state index is 11.9. The molecule has 2 aliphatic rings. The molecule has 2 fully saturated rings. The highest BCUT2D eigenvalue weighted by atomic mass is 16.2. The van der Waals surface area contributed by atoms with E-state index in [0.717, 1.165) is 31.8 Å². The van der Waals surface area contributed by atoms with Gasteiger partial charge in [-0.3, -0.25) is 4.79 Å². The lowest BCUT2D eigenvalue weighted by Crippen LogP contribution is -2.60. The zero-order valence-electron chi connectivity index (χ0n) is 9.10. The van der Waals surface area contributed by atoms with Gasteiger partial charge in [-0.05, 0) is 32.1 Å². The van der Waals surface area contributed by atoms with Crippen molar-refractivity contribution in [2.24, 2.45) is 11.3 Å². The predicted molar refractivity (Wildman–Crippen MR) is 55.9 cm³/mol. The minimum Gasteiger partial charge on any atom is -0.353 e. The Bertz CT molecular complexity index is 235. The second kappa shape index (κ2) is 3.54. The topological polar surface area (TPSA) is 41.1 Å². The summed E-state index contributed by atoms with van der Waals surface area (Å²) < 4.78 is 0. The van der Waals surface area contributed by atoms with Gasteiger partial charge in [0.25, 0.3) is 0 Å². The molecule has 2 atom stereocenters. The van der Waals surface area contributed by atoms with Gasteiger partial charge in [0.15, 0.2) is 0 Å². The van der Waals surface area contributed by atoms with E-state index in [1.165, 1.54) is 6.42 Å². The molecular weight excluding hydrogens is 176 g/mol. The maximum atomic E-state index is 11.9. The van der Waals surface area contributed by atoms with Gasteiger partial charge in [0.1, 0.15) is 0 Å². The molecule has 0 radical (unpaired) electrons. The van der Waals surface area contributed by atoms with Crippen LogP contribution in [0.1, 0.15) is 33.1 Å². The second-order valence-corrected chi connectivity index (χ2v) is 5.25. The van der Waals surface area contributed by atoms with Crippen molar-refractivity contribution in [1.82, 2.24) is 10.6 Å². The van der Waals surface area contributed by atoms with Gasteiger partial charge in [-0.2, -0.15) is 0 Å². The van der Waals surface area contributed by atoms with Crippen molar-refractivity contribution >= 4 is 5.91 Å². The normalized spacial score (nSPS) is 35.0. The van der Waals surface area contributed by atoms with Crippen LogP contribution in [0.3, 0.4) is 0 Å². The zero-order valence-corrected chi connectivity index (χ0v) is 9.10. The number of nitrogens with one attached hydrogen (secondary N) is 2. The first-order valence-corrected chi connectivity index (χ1v) is 5.62. The van der Waals surface area contributed by atoms with Crippen LogP contribution in [-0.4, -0.2) is 25.0 Å². The first kappa shape index (κ1) is 9.97. The Hall–Kier alpha value is -0.570. The van der Waals surface area contributed by atoms with Gasteiger partial charge < -0.3 is 10.6 Å². The first-order chi connectivity index (χ1) is 6.60. The standard InChI is InChI=1S/C11H20N2O/c1-8-3-4-9(5-8)13-10(14)11(2)6-12-7-11/h8-9,12H,3-7H2,1-2H3,(H,13,14). The molecule has 2 rings (SSSR count). The van der Waals surface area contributed by atoms with E-state index in [-0.39, 0.29) is 11.3 Å². The van der Waals surface area contributed by atoms with Crippen LogP contribution in [0.5, 0.6) is 0 Å². The van der Waals surface area contributed by atoms with Gasteiger partial charge in [-0.15, -0.1) is 0 Å². The molecule has 1 aliphatic carbocycles.